The summed E-state index contributed by atoms with van der Waals surface area (Å²) in [5.74, 6) is -1.02. The van der Waals surface area contributed by atoms with Gasteiger partial charge in [-0.25, -0.2) is 23.4 Å². The third kappa shape index (κ3) is 7.77. The fraction of sp³-hybridized carbons (Fsp3) is 0.0417. The summed E-state index contributed by atoms with van der Waals surface area (Å²) in [4.78, 5) is 24.3. The molecule has 2 N–H and O–H groups in total. The second-order valence-corrected chi connectivity index (χ2v) is 9.46. The number of nitrogens with one attached hydrogen (secondary N) is 2. The number of carbonyl (C=O) groups is 2. The van der Waals surface area contributed by atoms with Crippen molar-refractivity contribution in [2.24, 2.45) is 5.10 Å². The van der Waals surface area contributed by atoms with E-state index >= 15 is 0 Å². The van der Waals surface area contributed by atoms with Gasteiger partial charge in [-0.3, -0.25) is 4.79 Å². The minimum Gasteiger partial charge on any atom is -0.423 e. The Balaban J connectivity index is 1.59. The Hall–Kier alpha value is -3.60. The Morgan fingerprint density at radius 2 is 1.65 bits per heavy atom. The van der Waals surface area contributed by atoms with Crippen LogP contribution in [-0.4, -0.2) is 33.1 Å². The zero-order chi connectivity index (χ0) is 24.4. The average molecular weight is 542 g/mol. The number of halogens is 1. The van der Waals surface area contributed by atoms with Crippen molar-refractivity contribution in [3.05, 3.63) is 101 Å². The topological polar surface area (TPSA) is 114 Å². The highest BCUT2D eigenvalue weighted by Gasteiger charge is 2.14. The molecule has 10 heteroatoms. The molecule has 0 fully saturated rings. The summed E-state index contributed by atoms with van der Waals surface area (Å²) < 4.78 is 32.6. The van der Waals surface area contributed by atoms with Gasteiger partial charge in [0.05, 0.1) is 17.7 Å². The van der Waals surface area contributed by atoms with E-state index in [1.807, 2.05) is 30.3 Å². The van der Waals surface area contributed by atoms with Crippen molar-refractivity contribution in [2.75, 3.05) is 6.54 Å². The molecule has 8 nitrogen and oxygen atoms in total. The SMILES string of the molecule is O=C(CNS(=O)(=O)c1ccccc1)N/N=C/c1cc(Br)ccc1OC(=O)/C=C/c1ccccc1. The van der Waals surface area contributed by atoms with Crippen molar-refractivity contribution >= 4 is 50.1 Å². The lowest BCUT2D eigenvalue weighted by molar-refractivity contribution is -0.129. The van der Waals surface area contributed by atoms with Crippen LogP contribution in [-0.2, 0) is 19.6 Å². The number of esters is 1. The lowest BCUT2D eigenvalue weighted by atomic mass is 10.2. The number of benzene rings is 3. The van der Waals surface area contributed by atoms with Gasteiger partial charge >= 0.3 is 5.97 Å². The first-order valence-electron chi connectivity index (χ1n) is 9.94. The third-order valence-electron chi connectivity index (χ3n) is 4.26. The van der Waals surface area contributed by atoms with E-state index in [0.29, 0.717) is 10.0 Å². The maximum Gasteiger partial charge on any atom is 0.336 e. The van der Waals surface area contributed by atoms with Gasteiger partial charge in [0.15, 0.2) is 0 Å². The predicted octanol–water partition coefficient (Wildman–Crippen LogP) is 3.50. The van der Waals surface area contributed by atoms with Crippen LogP contribution in [0, 0.1) is 0 Å². The maximum absolute atomic E-state index is 12.2. The third-order valence-corrected chi connectivity index (χ3v) is 6.17. The molecular weight excluding hydrogens is 522 g/mol. The van der Waals surface area contributed by atoms with Crippen LogP contribution in [0.25, 0.3) is 6.08 Å². The monoisotopic (exact) mass is 541 g/mol. The second kappa shape index (κ2) is 12.0. The molecule has 0 atom stereocenters. The zero-order valence-electron chi connectivity index (χ0n) is 17.7. The number of rotatable bonds is 9. The Bertz CT molecular complexity index is 1310. The number of nitrogens with zero attached hydrogens (tertiary/aromatic N) is 1. The standard InChI is InChI=1S/C24H20BrN3O5S/c25-20-12-13-22(33-24(30)14-11-18-7-3-1-4-8-18)19(15-20)16-26-28-23(29)17-27-34(31,32)21-9-5-2-6-10-21/h1-16,27H,17H2,(H,28,29)/b14-11+,26-16+. The zero-order valence-corrected chi connectivity index (χ0v) is 20.1. The summed E-state index contributed by atoms with van der Waals surface area (Å²) in [7, 11) is -3.82. The molecule has 0 unspecified atom stereocenters. The van der Waals surface area contributed by atoms with Crippen LogP contribution in [0.4, 0.5) is 0 Å². The summed E-state index contributed by atoms with van der Waals surface area (Å²) in [6.07, 6.45) is 4.22. The van der Waals surface area contributed by atoms with E-state index in [4.69, 9.17) is 4.74 Å². The van der Waals surface area contributed by atoms with Crippen molar-refractivity contribution in [2.45, 2.75) is 4.90 Å². The van der Waals surface area contributed by atoms with Crippen molar-refractivity contribution in [1.82, 2.24) is 10.1 Å². The van der Waals surface area contributed by atoms with Crippen LogP contribution < -0.4 is 14.9 Å². The Labute approximate surface area is 205 Å². The van der Waals surface area contributed by atoms with Gasteiger partial charge in [-0.1, -0.05) is 64.5 Å². The highest BCUT2D eigenvalue weighted by Crippen LogP contribution is 2.22. The summed E-state index contributed by atoms with van der Waals surface area (Å²) in [6, 6.07) is 21.9. The lowest BCUT2D eigenvalue weighted by Gasteiger charge is -2.07. The molecule has 0 aromatic heterocycles. The molecule has 3 rings (SSSR count). The Morgan fingerprint density at radius 3 is 2.35 bits per heavy atom. The average Bonchev–Trinajstić information content (AvgIpc) is 2.84. The first kappa shape index (κ1) is 25.0. The fourth-order valence-electron chi connectivity index (χ4n) is 2.64. The normalized spacial score (nSPS) is 11.6. The number of amides is 1. The van der Waals surface area contributed by atoms with E-state index in [2.05, 4.69) is 31.2 Å². The van der Waals surface area contributed by atoms with Crippen LogP contribution in [0.1, 0.15) is 11.1 Å². The number of hydrazone groups is 1. The number of hydrogen-bond donors (Lipinski definition) is 2. The van der Waals surface area contributed by atoms with Crippen LogP contribution >= 0.6 is 15.9 Å². The molecule has 0 saturated heterocycles. The van der Waals surface area contributed by atoms with Crippen LogP contribution in [0.15, 0.2) is 99.4 Å². The highest BCUT2D eigenvalue weighted by molar-refractivity contribution is 9.10. The molecule has 3 aromatic rings. The minimum absolute atomic E-state index is 0.0493. The van der Waals surface area contributed by atoms with Crippen LogP contribution in [0.2, 0.25) is 0 Å². The molecule has 0 bridgehead atoms. The Morgan fingerprint density at radius 1 is 0.971 bits per heavy atom. The van der Waals surface area contributed by atoms with Crippen LogP contribution in [0.3, 0.4) is 0 Å². The highest BCUT2D eigenvalue weighted by atomic mass is 79.9. The molecule has 0 aliphatic rings. The van der Waals surface area contributed by atoms with Gasteiger partial charge in [0.25, 0.3) is 5.91 Å². The van der Waals surface area contributed by atoms with Gasteiger partial charge in [-0.05, 0) is 42.0 Å². The second-order valence-electron chi connectivity index (χ2n) is 6.78. The van der Waals surface area contributed by atoms with E-state index in [1.54, 1.807) is 42.5 Å². The summed E-state index contributed by atoms with van der Waals surface area (Å²) in [5.41, 5.74) is 3.50. The Kier molecular flexibility index (Phi) is 8.86. The molecular formula is C24H20BrN3O5S. The van der Waals surface area contributed by atoms with E-state index in [1.165, 1.54) is 24.4 Å². The van der Waals surface area contributed by atoms with E-state index in [-0.39, 0.29) is 10.6 Å². The smallest absolute Gasteiger partial charge is 0.336 e. The first-order chi connectivity index (χ1) is 16.3. The molecule has 0 radical (unpaired) electrons. The van der Waals surface area contributed by atoms with Gasteiger partial charge in [-0.2, -0.15) is 5.10 Å². The number of carbonyl (C=O) groups excluding carboxylic acids is 2. The van der Waals surface area contributed by atoms with Crippen molar-refractivity contribution in [1.29, 1.82) is 0 Å². The summed E-state index contributed by atoms with van der Waals surface area (Å²) >= 11 is 3.33. The quantitative estimate of drug-likeness (QED) is 0.141. The fourth-order valence-corrected chi connectivity index (χ4v) is 4.02. The molecule has 0 aliphatic carbocycles. The van der Waals surface area contributed by atoms with Crippen LogP contribution in [0.5, 0.6) is 5.75 Å². The van der Waals surface area contributed by atoms with Gasteiger partial charge in [0, 0.05) is 16.1 Å². The maximum atomic E-state index is 12.2. The summed E-state index contributed by atoms with van der Waals surface area (Å²) in [5, 5.41) is 3.83. The van der Waals surface area contributed by atoms with Gasteiger partial charge in [0.1, 0.15) is 5.75 Å². The first-order valence-corrected chi connectivity index (χ1v) is 12.2. The molecule has 174 valence electrons. The molecule has 1 amide bonds. The van der Waals surface area contributed by atoms with Gasteiger partial charge in [0.2, 0.25) is 10.0 Å². The lowest BCUT2D eigenvalue weighted by Crippen LogP contribution is -2.34. The summed E-state index contributed by atoms with van der Waals surface area (Å²) in [6.45, 7) is -0.501. The van der Waals surface area contributed by atoms with Crippen molar-refractivity contribution < 1.29 is 22.7 Å². The molecule has 0 saturated carbocycles. The molecule has 3 aromatic carbocycles. The molecule has 34 heavy (non-hydrogen) atoms. The van der Waals surface area contributed by atoms with E-state index in [0.717, 1.165) is 5.56 Å². The largest absolute Gasteiger partial charge is 0.423 e. The van der Waals surface area contributed by atoms with E-state index in [9.17, 15) is 18.0 Å². The molecule has 0 spiro atoms. The molecule has 0 heterocycles. The van der Waals surface area contributed by atoms with Crippen molar-refractivity contribution in [3.8, 4) is 5.75 Å². The van der Waals surface area contributed by atoms with Gasteiger partial charge < -0.3 is 4.74 Å². The van der Waals surface area contributed by atoms with Crippen molar-refractivity contribution in [3.63, 3.8) is 0 Å². The number of hydrogen-bond acceptors (Lipinski definition) is 6. The number of sulfonamides is 1. The number of ether oxygens (including phenoxy) is 1. The molecule has 0 aliphatic heterocycles. The minimum atomic E-state index is -3.82. The van der Waals surface area contributed by atoms with Gasteiger partial charge in [-0.15, -0.1) is 0 Å². The van der Waals surface area contributed by atoms with E-state index < -0.39 is 28.4 Å². The predicted molar refractivity (Wildman–Crippen MR) is 133 cm³/mol.